The third kappa shape index (κ3) is 0.728. The zero-order chi connectivity index (χ0) is 7.02. The molecule has 0 saturated carbocycles. The molecule has 1 aliphatic rings. The van der Waals surface area contributed by atoms with E-state index in [9.17, 15) is 0 Å². The van der Waals surface area contributed by atoms with Crippen LogP contribution in [0.2, 0.25) is 0 Å². The zero-order valence-electron chi connectivity index (χ0n) is 4.44. The summed E-state index contributed by atoms with van der Waals surface area (Å²) in [6.45, 7) is 0. The molecule has 0 radical (unpaired) electrons. The van der Waals surface area contributed by atoms with Crippen molar-refractivity contribution in [3.8, 4) is 0 Å². The predicted octanol–water partition coefficient (Wildman–Crippen LogP) is 0.130. The molecule has 0 heterocycles. The average molecular weight is 130 g/mol. The van der Waals surface area contributed by atoms with Crippen LogP contribution >= 0.6 is 0 Å². The van der Waals surface area contributed by atoms with E-state index < -0.39 is 23.4 Å². The Balaban J connectivity index is 2.97. The van der Waals surface area contributed by atoms with Gasteiger partial charge in [0.15, 0.2) is 17.3 Å². The number of hydrogen-bond donors (Lipinski definition) is 4. The normalized spacial score (nSPS) is 26.8. The molecule has 0 aromatic carbocycles. The van der Waals surface area contributed by atoms with Crippen molar-refractivity contribution < 1.29 is 20.4 Å². The topological polar surface area (TPSA) is 80.9 Å². The van der Waals surface area contributed by atoms with Gasteiger partial charge in [0.2, 0.25) is 0 Å². The second-order valence-electron chi connectivity index (χ2n) is 1.73. The summed E-state index contributed by atoms with van der Waals surface area (Å²) < 4.78 is 0. The lowest BCUT2D eigenvalue weighted by Crippen LogP contribution is -2.02. The molecule has 4 N–H and O–H groups in total. The molecule has 50 valence electrons. The molecule has 4 nitrogen and oxygen atoms in total. The van der Waals surface area contributed by atoms with E-state index in [-0.39, 0.29) is 0 Å². The maximum Gasteiger partial charge on any atom is 0.198 e. The van der Waals surface area contributed by atoms with Crippen LogP contribution in [-0.2, 0) is 0 Å². The minimum absolute atomic E-state index is 0.486. The molecular formula is C5H6O4. The summed E-state index contributed by atoms with van der Waals surface area (Å²) in [4.78, 5) is 0. The lowest BCUT2D eigenvalue weighted by molar-refractivity contribution is 0.185. The standard InChI is InChI=1S/C5H6O4/c6-2-1-3(7)5(9)4(2)8/h1-2,6-9H. The fourth-order valence-electron chi connectivity index (χ4n) is 0.579. The minimum atomic E-state index is -1.26. The third-order valence-corrected chi connectivity index (χ3v) is 1.08. The molecule has 1 unspecified atom stereocenters. The van der Waals surface area contributed by atoms with Crippen LogP contribution in [0, 0.1) is 0 Å². The van der Waals surface area contributed by atoms with Crippen LogP contribution in [0.1, 0.15) is 0 Å². The summed E-state index contributed by atoms with van der Waals surface area (Å²) in [7, 11) is 0. The Morgan fingerprint density at radius 3 is 1.89 bits per heavy atom. The molecule has 1 aliphatic carbocycles. The van der Waals surface area contributed by atoms with E-state index in [4.69, 9.17) is 20.4 Å². The summed E-state index contributed by atoms with van der Waals surface area (Å²) >= 11 is 0. The molecule has 1 atom stereocenters. The first-order valence-corrected chi connectivity index (χ1v) is 2.34. The third-order valence-electron chi connectivity index (χ3n) is 1.08. The van der Waals surface area contributed by atoms with Crippen molar-refractivity contribution in [1.82, 2.24) is 0 Å². The second-order valence-corrected chi connectivity index (χ2v) is 1.73. The highest BCUT2D eigenvalue weighted by atomic mass is 16.4. The fourth-order valence-corrected chi connectivity index (χ4v) is 0.579. The molecule has 0 aromatic rings. The molecular weight excluding hydrogens is 124 g/mol. The predicted molar refractivity (Wildman–Crippen MR) is 29.0 cm³/mol. The molecule has 1 rings (SSSR count). The van der Waals surface area contributed by atoms with Gasteiger partial charge in [-0.3, -0.25) is 0 Å². The monoisotopic (exact) mass is 130 g/mol. The molecule has 0 spiro atoms. The van der Waals surface area contributed by atoms with Gasteiger partial charge in [-0.25, -0.2) is 0 Å². The van der Waals surface area contributed by atoms with E-state index in [1.54, 1.807) is 0 Å². The Morgan fingerprint density at radius 2 is 1.78 bits per heavy atom. The van der Waals surface area contributed by atoms with Gasteiger partial charge in [0.05, 0.1) is 0 Å². The summed E-state index contributed by atoms with van der Waals surface area (Å²) in [5, 5.41) is 34.4. The number of rotatable bonds is 0. The molecule has 0 bridgehead atoms. The van der Waals surface area contributed by atoms with Gasteiger partial charge in [0.25, 0.3) is 0 Å². The summed E-state index contributed by atoms with van der Waals surface area (Å²) in [6, 6.07) is 0. The van der Waals surface area contributed by atoms with Gasteiger partial charge in [0, 0.05) is 0 Å². The first-order chi connectivity index (χ1) is 4.13. The van der Waals surface area contributed by atoms with Crippen LogP contribution in [0.15, 0.2) is 23.4 Å². The highest BCUT2D eigenvalue weighted by molar-refractivity contribution is 5.33. The van der Waals surface area contributed by atoms with Crippen molar-refractivity contribution in [3.63, 3.8) is 0 Å². The number of aliphatic hydroxyl groups excluding tert-OH is 4. The van der Waals surface area contributed by atoms with E-state index in [0.29, 0.717) is 0 Å². The van der Waals surface area contributed by atoms with Gasteiger partial charge in [-0.2, -0.15) is 0 Å². The smallest absolute Gasteiger partial charge is 0.198 e. The van der Waals surface area contributed by atoms with Crippen molar-refractivity contribution in [2.75, 3.05) is 0 Å². The van der Waals surface area contributed by atoms with Crippen LogP contribution in [-0.4, -0.2) is 26.5 Å². The van der Waals surface area contributed by atoms with Gasteiger partial charge in [-0.15, -0.1) is 0 Å². The fraction of sp³-hybridized carbons (Fsp3) is 0.200. The van der Waals surface area contributed by atoms with Crippen LogP contribution in [0.3, 0.4) is 0 Å². The Labute approximate surface area is 51.0 Å². The lowest BCUT2D eigenvalue weighted by Gasteiger charge is -1.95. The Bertz CT molecular complexity index is 191. The van der Waals surface area contributed by atoms with Gasteiger partial charge in [-0.1, -0.05) is 0 Å². The number of hydrogen-bond acceptors (Lipinski definition) is 4. The molecule has 0 aromatic heterocycles. The second kappa shape index (κ2) is 1.66. The largest absolute Gasteiger partial charge is 0.506 e. The Hall–Kier alpha value is -1.16. The van der Waals surface area contributed by atoms with E-state index in [0.717, 1.165) is 6.08 Å². The van der Waals surface area contributed by atoms with E-state index >= 15 is 0 Å². The van der Waals surface area contributed by atoms with E-state index in [1.807, 2.05) is 0 Å². The lowest BCUT2D eigenvalue weighted by atomic mass is 10.4. The quantitative estimate of drug-likeness (QED) is 0.375. The molecule has 0 saturated heterocycles. The van der Waals surface area contributed by atoms with Crippen molar-refractivity contribution >= 4 is 0 Å². The first-order valence-electron chi connectivity index (χ1n) is 2.34. The van der Waals surface area contributed by atoms with Gasteiger partial charge in [0.1, 0.15) is 6.10 Å². The molecule has 0 amide bonds. The average Bonchev–Trinajstić information content (AvgIpc) is 1.98. The van der Waals surface area contributed by atoms with Crippen LogP contribution in [0.25, 0.3) is 0 Å². The first kappa shape index (κ1) is 5.97. The summed E-state index contributed by atoms with van der Waals surface area (Å²) in [6.07, 6.45) is -0.324. The summed E-state index contributed by atoms with van der Waals surface area (Å²) in [5.41, 5.74) is 0. The maximum atomic E-state index is 8.63. The van der Waals surface area contributed by atoms with E-state index in [2.05, 4.69) is 0 Å². The zero-order valence-corrected chi connectivity index (χ0v) is 4.44. The van der Waals surface area contributed by atoms with Crippen LogP contribution < -0.4 is 0 Å². The maximum absolute atomic E-state index is 8.63. The van der Waals surface area contributed by atoms with Crippen molar-refractivity contribution in [2.24, 2.45) is 0 Å². The van der Waals surface area contributed by atoms with Gasteiger partial charge in [-0.05, 0) is 6.08 Å². The Kier molecular flexibility index (Phi) is 1.10. The molecule has 0 fully saturated rings. The molecule has 9 heavy (non-hydrogen) atoms. The highest BCUT2D eigenvalue weighted by Crippen LogP contribution is 2.19. The summed E-state index contributed by atoms with van der Waals surface area (Å²) in [5.74, 6) is -1.74. The highest BCUT2D eigenvalue weighted by Gasteiger charge is 2.23. The van der Waals surface area contributed by atoms with Gasteiger partial charge >= 0.3 is 0 Å². The van der Waals surface area contributed by atoms with E-state index in [1.165, 1.54) is 0 Å². The molecule has 4 heteroatoms. The SMILES string of the molecule is OC1=CC(O)C(O)=C1O. The molecule has 0 aliphatic heterocycles. The van der Waals surface area contributed by atoms with Crippen molar-refractivity contribution in [2.45, 2.75) is 6.10 Å². The Morgan fingerprint density at radius 1 is 1.22 bits per heavy atom. The minimum Gasteiger partial charge on any atom is -0.506 e. The number of aliphatic hydroxyl groups is 4. The van der Waals surface area contributed by atoms with Crippen molar-refractivity contribution in [3.05, 3.63) is 23.4 Å². The van der Waals surface area contributed by atoms with Gasteiger partial charge < -0.3 is 20.4 Å². The van der Waals surface area contributed by atoms with Crippen LogP contribution in [0.5, 0.6) is 0 Å². The van der Waals surface area contributed by atoms with Crippen molar-refractivity contribution in [1.29, 1.82) is 0 Å². The van der Waals surface area contributed by atoms with Crippen LogP contribution in [0.4, 0.5) is 0 Å².